The van der Waals surface area contributed by atoms with E-state index in [1.54, 1.807) is 9.36 Å². The molecule has 58 heavy (non-hydrogen) atoms. The monoisotopic (exact) mass is 778 g/mol. The minimum Gasteiger partial charge on any atom is -0.385 e. The summed E-state index contributed by atoms with van der Waals surface area (Å²) in [5.41, 5.74) is 8.40. The zero-order valence-electron chi connectivity index (χ0n) is 33.2. The van der Waals surface area contributed by atoms with Gasteiger partial charge in [0.15, 0.2) is 0 Å². The van der Waals surface area contributed by atoms with Gasteiger partial charge in [-0.1, -0.05) is 47.5 Å². The van der Waals surface area contributed by atoms with Crippen LogP contribution in [0.2, 0.25) is 0 Å². The van der Waals surface area contributed by atoms with Crippen LogP contribution in [0, 0.1) is 0 Å². The largest absolute Gasteiger partial charge is 0.385 e. The fraction of sp³-hybridized carbons (Fsp3) is 0.356. The van der Waals surface area contributed by atoms with Crippen molar-refractivity contribution in [3.63, 3.8) is 0 Å². The zero-order chi connectivity index (χ0) is 39.4. The van der Waals surface area contributed by atoms with Gasteiger partial charge in [0.1, 0.15) is 11.4 Å². The van der Waals surface area contributed by atoms with Crippen molar-refractivity contribution >= 4 is 28.8 Å². The lowest BCUT2D eigenvalue weighted by atomic mass is 10.1. The van der Waals surface area contributed by atoms with E-state index in [2.05, 4.69) is 76.0 Å². The van der Waals surface area contributed by atoms with Gasteiger partial charge in [0.25, 0.3) is 0 Å². The van der Waals surface area contributed by atoms with Crippen molar-refractivity contribution in [2.24, 2.45) is 0 Å². The van der Waals surface area contributed by atoms with Crippen LogP contribution < -0.4 is 21.3 Å². The Kier molecular flexibility index (Phi) is 13.0. The van der Waals surface area contributed by atoms with E-state index in [-0.39, 0.29) is 6.03 Å². The van der Waals surface area contributed by atoms with Crippen LogP contribution >= 0.6 is 0 Å². The molecule has 2 aliphatic heterocycles. The molecule has 13 heteroatoms. The molecular weight excluding hydrogens is 725 g/mol. The molecule has 4 N–H and O–H groups in total. The number of anilines is 4. The van der Waals surface area contributed by atoms with Gasteiger partial charge in [0.05, 0.1) is 23.8 Å². The summed E-state index contributed by atoms with van der Waals surface area (Å²) in [5.74, 6) is 0. The molecule has 0 saturated carbocycles. The second-order valence-corrected chi connectivity index (χ2v) is 15.3. The Morgan fingerprint density at radius 2 is 0.948 bits per heavy atom. The molecule has 0 unspecified atom stereocenters. The van der Waals surface area contributed by atoms with E-state index < -0.39 is 0 Å². The topological polar surface area (TPSA) is 133 Å². The summed E-state index contributed by atoms with van der Waals surface area (Å²) in [5, 5.41) is 30.6. The summed E-state index contributed by atoms with van der Waals surface area (Å²) in [7, 11) is 0. The molecule has 0 bridgehead atoms. The minimum absolute atomic E-state index is 0.359. The maximum atomic E-state index is 13.1. The van der Waals surface area contributed by atoms with E-state index in [0.29, 0.717) is 22.8 Å². The van der Waals surface area contributed by atoms with Gasteiger partial charge in [-0.25, -0.2) is 14.2 Å². The van der Waals surface area contributed by atoms with Crippen molar-refractivity contribution in [3.05, 3.63) is 109 Å². The summed E-state index contributed by atoms with van der Waals surface area (Å²) in [6, 6.07) is 31.3. The number of aromatic nitrogens is 6. The summed E-state index contributed by atoms with van der Waals surface area (Å²) in [6.45, 7) is 9.17. The Hall–Kier alpha value is -6.05. The van der Waals surface area contributed by atoms with Crippen LogP contribution in [0.1, 0.15) is 51.4 Å². The van der Waals surface area contributed by atoms with E-state index >= 15 is 0 Å². The molecule has 8 rings (SSSR count). The summed E-state index contributed by atoms with van der Waals surface area (Å²) < 4.78 is 3.53. The number of piperidine rings is 2. The standard InChI is InChI=1S/C45H54N12O/c58-45(48-39-13-7-11-35(31-39)43-33-56(52-50-43)41-19-15-37(16-20-41)46-23-9-29-54-25-3-1-4-26-54)49-40-14-8-12-36(32-40)44-34-57(53-51-44)42-21-17-38(18-22-42)47-24-10-30-55-27-5-2-6-28-55/h7-8,11-22,31-34,46-47H,1-6,9-10,23-30H2,(H2,48,49,58). The molecule has 0 atom stereocenters. The predicted octanol–water partition coefficient (Wildman–Crippen LogP) is 8.40. The fourth-order valence-electron chi connectivity index (χ4n) is 7.75. The highest BCUT2D eigenvalue weighted by Gasteiger charge is 2.13. The van der Waals surface area contributed by atoms with E-state index in [0.717, 1.165) is 72.9 Å². The quantitative estimate of drug-likeness (QED) is 0.0716. The van der Waals surface area contributed by atoms with Crippen molar-refractivity contribution in [2.75, 3.05) is 73.6 Å². The Balaban J connectivity index is 0.809. The van der Waals surface area contributed by atoms with E-state index in [9.17, 15) is 4.79 Å². The predicted molar refractivity (Wildman–Crippen MR) is 233 cm³/mol. The van der Waals surface area contributed by atoms with Crippen LogP contribution in [0.25, 0.3) is 33.9 Å². The van der Waals surface area contributed by atoms with Gasteiger partial charge in [0.2, 0.25) is 0 Å². The number of nitrogens with one attached hydrogen (secondary N) is 4. The van der Waals surface area contributed by atoms with Gasteiger partial charge in [-0.15, -0.1) is 10.2 Å². The Bertz CT molecular complexity index is 2050. The first-order chi connectivity index (χ1) is 28.6. The number of urea groups is 1. The third-order valence-electron chi connectivity index (χ3n) is 10.9. The van der Waals surface area contributed by atoms with Gasteiger partial charge in [-0.05, 0) is 151 Å². The van der Waals surface area contributed by atoms with Crippen LogP contribution in [0.3, 0.4) is 0 Å². The number of rotatable bonds is 16. The number of nitrogens with zero attached hydrogens (tertiary/aromatic N) is 8. The molecule has 13 nitrogen and oxygen atoms in total. The molecule has 300 valence electrons. The normalized spacial score (nSPS) is 14.9. The molecule has 0 aliphatic carbocycles. The molecule has 2 fully saturated rings. The molecule has 0 radical (unpaired) electrons. The van der Waals surface area contributed by atoms with Crippen LogP contribution in [-0.4, -0.2) is 98.2 Å². The Morgan fingerprint density at radius 1 is 0.517 bits per heavy atom. The molecule has 2 saturated heterocycles. The lowest BCUT2D eigenvalue weighted by Crippen LogP contribution is -2.31. The summed E-state index contributed by atoms with van der Waals surface area (Å²) in [6.07, 6.45) is 14.1. The number of hydrogen-bond acceptors (Lipinski definition) is 9. The lowest BCUT2D eigenvalue weighted by Gasteiger charge is -2.26. The molecule has 4 heterocycles. The number of likely N-dealkylation sites (tertiary alicyclic amines) is 2. The average molecular weight is 779 g/mol. The SMILES string of the molecule is O=C(Nc1cccc(-c2cn(-c3ccc(NCCCN4CCCCC4)cc3)nn2)c1)Nc1cccc(-c2cn(-c3ccc(NCCCN4CCCCC4)cc3)nn2)c1. The Morgan fingerprint density at radius 3 is 1.38 bits per heavy atom. The molecule has 2 aromatic heterocycles. The number of amides is 2. The first-order valence-corrected chi connectivity index (χ1v) is 20.9. The van der Waals surface area contributed by atoms with Crippen molar-refractivity contribution in [2.45, 2.75) is 51.4 Å². The smallest absolute Gasteiger partial charge is 0.323 e. The highest BCUT2D eigenvalue weighted by atomic mass is 16.2. The Labute approximate surface area is 340 Å². The number of hydrogen-bond donors (Lipinski definition) is 4. The van der Waals surface area contributed by atoms with E-state index in [1.165, 1.54) is 64.7 Å². The summed E-state index contributed by atoms with van der Waals surface area (Å²) in [4.78, 5) is 18.3. The van der Waals surface area contributed by atoms with Crippen LogP contribution in [0.5, 0.6) is 0 Å². The van der Waals surface area contributed by atoms with E-state index in [1.807, 2.05) is 85.2 Å². The molecule has 4 aromatic carbocycles. The van der Waals surface area contributed by atoms with Gasteiger partial charge < -0.3 is 31.1 Å². The van der Waals surface area contributed by atoms with Crippen molar-refractivity contribution in [3.8, 4) is 33.9 Å². The number of carbonyl (C=O) groups is 1. The van der Waals surface area contributed by atoms with Crippen LogP contribution in [-0.2, 0) is 0 Å². The molecule has 2 amide bonds. The first kappa shape index (κ1) is 38.8. The van der Waals surface area contributed by atoms with Crippen molar-refractivity contribution in [1.82, 2.24) is 39.8 Å². The van der Waals surface area contributed by atoms with Gasteiger partial charge in [-0.2, -0.15) is 0 Å². The fourth-order valence-corrected chi connectivity index (χ4v) is 7.75. The third-order valence-corrected chi connectivity index (χ3v) is 10.9. The van der Waals surface area contributed by atoms with Crippen LogP contribution in [0.15, 0.2) is 109 Å². The highest BCUT2D eigenvalue weighted by molar-refractivity contribution is 6.00. The zero-order valence-corrected chi connectivity index (χ0v) is 33.2. The van der Waals surface area contributed by atoms with Gasteiger partial charge in [0, 0.05) is 47.0 Å². The molecule has 6 aromatic rings. The first-order valence-electron chi connectivity index (χ1n) is 20.9. The number of benzene rings is 4. The maximum Gasteiger partial charge on any atom is 0.323 e. The molecule has 2 aliphatic rings. The third kappa shape index (κ3) is 10.7. The molecular formula is C45H54N12O. The van der Waals surface area contributed by atoms with Crippen LogP contribution in [0.4, 0.5) is 27.5 Å². The van der Waals surface area contributed by atoms with Crippen molar-refractivity contribution in [1.29, 1.82) is 0 Å². The average Bonchev–Trinajstić information content (AvgIpc) is 3.97. The van der Waals surface area contributed by atoms with Gasteiger partial charge in [-0.3, -0.25) is 0 Å². The van der Waals surface area contributed by atoms with E-state index in [4.69, 9.17) is 0 Å². The lowest BCUT2D eigenvalue weighted by molar-refractivity contribution is 0.228. The number of carbonyl (C=O) groups excluding carboxylic acids is 1. The highest BCUT2D eigenvalue weighted by Crippen LogP contribution is 2.25. The van der Waals surface area contributed by atoms with Gasteiger partial charge >= 0.3 is 6.03 Å². The second kappa shape index (κ2) is 19.4. The molecule has 0 spiro atoms. The maximum absolute atomic E-state index is 13.1. The minimum atomic E-state index is -0.359. The summed E-state index contributed by atoms with van der Waals surface area (Å²) >= 11 is 0. The van der Waals surface area contributed by atoms with Crippen molar-refractivity contribution < 1.29 is 4.79 Å². The second-order valence-electron chi connectivity index (χ2n) is 15.3.